The van der Waals surface area contributed by atoms with Crippen LogP contribution in [-0.4, -0.2) is 19.7 Å². The van der Waals surface area contributed by atoms with E-state index in [0.717, 1.165) is 24.3 Å². The van der Waals surface area contributed by atoms with E-state index in [-0.39, 0.29) is 5.97 Å². The van der Waals surface area contributed by atoms with Crippen LogP contribution in [0.5, 0.6) is 5.75 Å². The molecule has 0 N–H and O–H groups in total. The van der Waals surface area contributed by atoms with Gasteiger partial charge in [0.15, 0.2) is 0 Å². The highest BCUT2D eigenvalue weighted by Crippen LogP contribution is 2.29. The van der Waals surface area contributed by atoms with Crippen LogP contribution >= 0.6 is 0 Å². The number of hydrogen-bond donors (Lipinski definition) is 0. The highest BCUT2D eigenvalue weighted by Gasteiger charge is 2.29. The first kappa shape index (κ1) is 12.0. The lowest BCUT2D eigenvalue weighted by Gasteiger charge is -2.21. The lowest BCUT2D eigenvalue weighted by molar-refractivity contribution is -0.150. The summed E-state index contributed by atoms with van der Waals surface area (Å²) >= 11 is 0. The van der Waals surface area contributed by atoms with Crippen molar-refractivity contribution in [3.8, 4) is 5.75 Å². The van der Waals surface area contributed by atoms with Crippen LogP contribution in [0.25, 0.3) is 0 Å². The van der Waals surface area contributed by atoms with Gasteiger partial charge in [-0.2, -0.15) is 0 Å². The standard InChI is InChI=1S/C14H18O3/c1-14(2,13(15)16-3)9-10-4-5-12-11(8-10)6-7-17-12/h4-5,8H,6-7,9H2,1-3H3. The van der Waals surface area contributed by atoms with Crippen molar-refractivity contribution in [2.24, 2.45) is 5.41 Å². The predicted molar refractivity (Wildman–Crippen MR) is 65.1 cm³/mol. The largest absolute Gasteiger partial charge is 0.493 e. The summed E-state index contributed by atoms with van der Waals surface area (Å²) in [6, 6.07) is 6.15. The van der Waals surface area contributed by atoms with E-state index in [1.54, 1.807) is 0 Å². The van der Waals surface area contributed by atoms with Gasteiger partial charge in [0.2, 0.25) is 0 Å². The van der Waals surface area contributed by atoms with Crippen LogP contribution in [0, 0.1) is 5.41 Å². The highest BCUT2D eigenvalue weighted by atomic mass is 16.5. The molecule has 0 bridgehead atoms. The normalized spacial score (nSPS) is 14.1. The van der Waals surface area contributed by atoms with Gasteiger partial charge in [-0.1, -0.05) is 12.1 Å². The number of esters is 1. The molecule has 0 spiro atoms. The third-order valence-electron chi connectivity index (χ3n) is 3.14. The fourth-order valence-corrected chi connectivity index (χ4v) is 2.21. The SMILES string of the molecule is COC(=O)C(C)(C)Cc1ccc2c(c1)CCO2. The molecule has 0 atom stereocenters. The average Bonchev–Trinajstić information content (AvgIpc) is 2.74. The average molecular weight is 234 g/mol. The first-order valence-corrected chi connectivity index (χ1v) is 5.86. The van der Waals surface area contributed by atoms with Crippen molar-refractivity contribution in [2.75, 3.05) is 13.7 Å². The number of ether oxygens (including phenoxy) is 2. The molecule has 0 radical (unpaired) electrons. The summed E-state index contributed by atoms with van der Waals surface area (Å²) < 4.78 is 10.3. The summed E-state index contributed by atoms with van der Waals surface area (Å²) in [6.45, 7) is 4.57. The van der Waals surface area contributed by atoms with Crippen molar-refractivity contribution in [1.82, 2.24) is 0 Å². The summed E-state index contributed by atoms with van der Waals surface area (Å²) in [5.41, 5.74) is 1.91. The minimum absolute atomic E-state index is 0.172. The van der Waals surface area contributed by atoms with Crippen molar-refractivity contribution < 1.29 is 14.3 Å². The van der Waals surface area contributed by atoms with Crippen LogP contribution in [-0.2, 0) is 22.4 Å². The van der Waals surface area contributed by atoms with E-state index in [9.17, 15) is 4.79 Å². The van der Waals surface area contributed by atoms with Gasteiger partial charge < -0.3 is 9.47 Å². The van der Waals surface area contributed by atoms with Gasteiger partial charge in [0, 0.05) is 6.42 Å². The van der Waals surface area contributed by atoms with Gasteiger partial charge in [-0.05, 0) is 37.5 Å². The van der Waals surface area contributed by atoms with Gasteiger partial charge in [0.25, 0.3) is 0 Å². The fourth-order valence-electron chi connectivity index (χ4n) is 2.21. The van der Waals surface area contributed by atoms with Crippen molar-refractivity contribution in [3.05, 3.63) is 29.3 Å². The van der Waals surface area contributed by atoms with E-state index in [2.05, 4.69) is 6.07 Å². The molecule has 0 fully saturated rings. The quantitative estimate of drug-likeness (QED) is 0.753. The lowest BCUT2D eigenvalue weighted by Crippen LogP contribution is -2.27. The number of hydrogen-bond acceptors (Lipinski definition) is 3. The van der Waals surface area contributed by atoms with Crippen LogP contribution in [0.3, 0.4) is 0 Å². The number of fused-ring (bicyclic) bond motifs is 1. The molecule has 3 nitrogen and oxygen atoms in total. The van der Waals surface area contributed by atoms with Gasteiger partial charge in [0.05, 0.1) is 19.1 Å². The fraction of sp³-hybridized carbons (Fsp3) is 0.500. The Hall–Kier alpha value is -1.51. The zero-order valence-corrected chi connectivity index (χ0v) is 10.6. The Balaban J connectivity index is 2.16. The maximum absolute atomic E-state index is 11.6. The van der Waals surface area contributed by atoms with Crippen LogP contribution in [0.4, 0.5) is 0 Å². The summed E-state index contributed by atoms with van der Waals surface area (Å²) in [6.07, 6.45) is 1.65. The maximum atomic E-state index is 11.6. The van der Waals surface area contributed by atoms with E-state index < -0.39 is 5.41 Å². The van der Waals surface area contributed by atoms with E-state index in [1.807, 2.05) is 26.0 Å². The predicted octanol–water partition coefficient (Wildman–Crippen LogP) is 2.36. The number of rotatable bonds is 3. The molecule has 0 aliphatic carbocycles. The van der Waals surface area contributed by atoms with Gasteiger partial charge in [-0.3, -0.25) is 4.79 Å². The van der Waals surface area contributed by atoms with E-state index in [0.29, 0.717) is 6.42 Å². The Kier molecular flexibility index (Phi) is 3.09. The van der Waals surface area contributed by atoms with E-state index >= 15 is 0 Å². The van der Waals surface area contributed by atoms with Crippen molar-refractivity contribution in [3.63, 3.8) is 0 Å². The first-order valence-electron chi connectivity index (χ1n) is 5.86. The van der Waals surface area contributed by atoms with Gasteiger partial charge in [0.1, 0.15) is 5.75 Å². The summed E-state index contributed by atoms with van der Waals surface area (Å²) in [5, 5.41) is 0. The number of benzene rings is 1. The molecule has 0 saturated heterocycles. The summed E-state index contributed by atoms with van der Waals surface area (Å²) in [7, 11) is 1.43. The molecule has 0 unspecified atom stereocenters. The Morgan fingerprint density at radius 3 is 2.94 bits per heavy atom. The molecular formula is C14H18O3. The minimum atomic E-state index is -0.484. The van der Waals surface area contributed by atoms with Crippen molar-refractivity contribution >= 4 is 5.97 Å². The molecule has 17 heavy (non-hydrogen) atoms. The van der Waals surface area contributed by atoms with Crippen LogP contribution in [0.2, 0.25) is 0 Å². The Labute approximate surface area is 102 Å². The van der Waals surface area contributed by atoms with Crippen LogP contribution < -0.4 is 4.74 Å². The smallest absolute Gasteiger partial charge is 0.311 e. The van der Waals surface area contributed by atoms with Gasteiger partial charge in [-0.25, -0.2) is 0 Å². The lowest BCUT2D eigenvalue weighted by atomic mass is 9.85. The molecule has 0 aromatic heterocycles. The topological polar surface area (TPSA) is 35.5 Å². The van der Waals surface area contributed by atoms with Gasteiger partial charge >= 0.3 is 5.97 Å². The molecule has 92 valence electrons. The number of carbonyl (C=O) groups excluding carboxylic acids is 1. The second-order valence-corrected chi connectivity index (χ2v) is 5.09. The molecule has 0 saturated carbocycles. The summed E-state index contributed by atoms with van der Waals surface area (Å²) in [4.78, 5) is 11.6. The highest BCUT2D eigenvalue weighted by molar-refractivity contribution is 5.76. The van der Waals surface area contributed by atoms with Gasteiger partial charge in [-0.15, -0.1) is 0 Å². The zero-order valence-electron chi connectivity index (χ0n) is 10.6. The number of carbonyl (C=O) groups is 1. The Morgan fingerprint density at radius 1 is 1.47 bits per heavy atom. The molecule has 1 aromatic rings. The third kappa shape index (κ3) is 2.43. The molecule has 0 amide bonds. The number of methoxy groups -OCH3 is 1. The Bertz CT molecular complexity index is 435. The maximum Gasteiger partial charge on any atom is 0.311 e. The monoisotopic (exact) mass is 234 g/mol. The van der Waals surface area contributed by atoms with E-state index in [4.69, 9.17) is 9.47 Å². The molecule has 1 aromatic carbocycles. The second-order valence-electron chi connectivity index (χ2n) is 5.09. The first-order chi connectivity index (χ1) is 8.03. The second kappa shape index (κ2) is 4.40. The molecule has 1 aliphatic heterocycles. The minimum Gasteiger partial charge on any atom is -0.493 e. The van der Waals surface area contributed by atoms with Crippen molar-refractivity contribution in [1.29, 1.82) is 0 Å². The van der Waals surface area contributed by atoms with Crippen LogP contribution in [0.1, 0.15) is 25.0 Å². The third-order valence-corrected chi connectivity index (χ3v) is 3.14. The molecule has 2 rings (SSSR count). The molecule has 3 heteroatoms. The van der Waals surface area contributed by atoms with Crippen molar-refractivity contribution in [2.45, 2.75) is 26.7 Å². The van der Waals surface area contributed by atoms with Crippen LogP contribution in [0.15, 0.2) is 18.2 Å². The molecule has 1 heterocycles. The molecule has 1 aliphatic rings. The van der Waals surface area contributed by atoms with E-state index in [1.165, 1.54) is 12.7 Å². The zero-order chi connectivity index (χ0) is 12.5. The molecular weight excluding hydrogens is 216 g/mol. The Morgan fingerprint density at radius 2 is 2.24 bits per heavy atom. The summed E-state index contributed by atoms with van der Waals surface area (Å²) in [5.74, 6) is 0.805.